The molecule has 0 aliphatic heterocycles. The number of aromatic nitrogens is 3. The van der Waals surface area contributed by atoms with Crippen molar-refractivity contribution in [3.8, 4) is 0 Å². The van der Waals surface area contributed by atoms with Crippen LogP contribution in [0.3, 0.4) is 0 Å². The number of carbonyl (C=O) groups excluding carboxylic acids is 1. The lowest BCUT2D eigenvalue weighted by Gasteiger charge is -2.18. The van der Waals surface area contributed by atoms with Crippen LogP contribution in [-0.2, 0) is 0 Å². The van der Waals surface area contributed by atoms with E-state index in [0.717, 1.165) is 16.8 Å². The Hall–Kier alpha value is -3.41. The van der Waals surface area contributed by atoms with Crippen LogP contribution in [0.1, 0.15) is 21.5 Å². The molecule has 0 radical (unpaired) electrons. The zero-order valence-electron chi connectivity index (χ0n) is 14.8. The molecule has 0 fully saturated rings. The number of nitrogens with zero attached hydrogens (tertiary/aromatic N) is 3. The van der Waals surface area contributed by atoms with Gasteiger partial charge in [-0.05, 0) is 49.2 Å². The number of para-hydroxylation sites is 1. The third-order valence-electron chi connectivity index (χ3n) is 4.51. The molecule has 6 nitrogen and oxygen atoms in total. The van der Waals surface area contributed by atoms with E-state index in [1.165, 1.54) is 6.20 Å². The average molecular weight is 346 g/mol. The Balaban J connectivity index is 1.86. The van der Waals surface area contributed by atoms with E-state index < -0.39 is 0 Å². The van der Waals surface area contributed by atoms with Gasteiger partial charge >= 0.3 is 0 Å². The quantitative estimate of drug-likeness (QED) is 0.606. The van der Waals surface area contributed by atoms with Gasteiger partial charge in [-0.15, -0.1) is 0 Å². The smallest absolute Gasteiger partial charge is 0.263 e. The lowest BCUT2D eigenvalue weighted by molar-refractivity contribution is 0.0994. The van der Waals surface area contributed by atoms with Crippen LogP contribution in [0.5, 0.6) is 0 Å². The number of amides is 1. The Morgan fingerprint density at radius 2 is 1.81 bits per heavy atom. The van der Waals surface area contributed by atoms with Crippen molar-refractivity contribution < 1.29 is 4.79 Å². The van der Waals surface area contributed by atoms with E-state index in [1.807, 2.05) is 38.1 Å². The highest BCUT2D eigenvalue weighted by atomic mass is 16.2. The second-order valence-corrected chi connectivity index (χ2v) is 6.50. The van der Waals surface area contributed by atoms with Crippen LogP contribution in [-0.4, -0.2) is 27.6 Å². The number of hydrogen-bond donors (Lipinski definition) is 1. The minimum Gasteiger partial charge on any atom is -0.311 e. The second-order valence-electron chi connectivity index (χ2n) is 6.50. The summed E-state index contributed by atoms with van der Waals surface area (Å²) in [6, 6.07) is 13.1. The first-order valence-electron chi connectivity index (χ1n) is 8.31. The third kappa shape index (κ3) is 2.47. The summed E-state index contributed by atoms with van der Waals surface area (Å²) in [6.45, 7) is 3.99. The molecule has 0 atom stereocenters. The molecule has 0 spiro atoms. The summed E-state index contributed by atoms with van der Waals surface area (Å²) in [7, 11) is 1.72. The van der Waals surface area contributed by atoms with E-state index in [1.54, 1.807) is 28.6 Å². The Bertz CT molecular complexity index is 1200. The van der Waals surface area contributed by atoms with Crippen molar-refractivity contribution >= 4 is 28.1 Å². The Morgan fingerprint density at radius 1 is 1.12 bits per heavy atom. The molecule has 0 bridgehead atoms. The first kappa shape index (κ1) is 16.1. The van der Waals surface area contributed by atoms with E-state index in [-0.39, 0.29) is 11.5 Å². The van der Waals surface area contributed by atoms with Crippen LogP contribution in [0, 0.1) is 13.8 Å². The Kier molecular flexibility index (Phi) is 3.61. The lowest BCUT2D eigenvalue weighted by atomic mass is 10.1. The molecule has 0 unspecified atom stereocenters. The summed E-state index contributed by atoms with van der Waals surface area (Å²) in [6.07, 6.45) is 1.50. The normalized spacial score (nSPS) is 11.2. The van der Waals surface area contributed by atoms with Gasteiger partial charge in [-0.25, -0.2) is 4.52 Å². The molecule has 0 aliphatic rings. The molecule has 6 heteroatoms. The van der Waals surface area contributed by atoms with Gasteiger partial charge in [-0.1, -0.05) is 18.2 Å². The van der Waals surface area contributed by atoms with Gasteiger partial charge in [0.25, 0.3) is 11.5 Å². The van der Waals surface area contributed by atoms with E-state index in [9.17, 15) is 9.59 Å². The van der Waals surface area contributed by atoms with Gasteiger partial charge in [0.05, 0.1) is 17.1 Å². The average Bonchev–Trinajstić information content (AvgIpc) is 3.03. The summed E-state index contributed by atoms with van der Waals surface area (Å²) in [5.41, 5.74) is 4.15. The molecule has 0 aliphatic carbocycles. The SMILES string of the molecule is Cc1cc(C)cc(N(C)C(=O)c2cnn3c2[nH]c(=O)c2ccccc23)c1. The van der Waals surface area contributed by atoms with Gasteiger partial charge in [0, 0.05) is 12.7 Å². The molecule has 2 aromatic carbocycles. The topological polar surface area (TPSA) is 70.5 Å². The summed E-state index contributed by atoms with van der Waals surface area (Å²) in [5.74, 6) is -0.226. The zero-order valence-corrected chi connectivity index (χ0v) is 14.8. The maximum absolute atomic E-state index is 13.0. The number of anilines is 1. The van der Waals surface area contributed by atoms with Gasteiger partial charge in [0.15, 0.2) is 0 Å². The Labute approximate surface area is 149 Å². The molecule has 130 valence electrons. The van der Waals surface area contributed by atoms with E-state index in [2.05, 4.69) is 16.1 Å². The minimum absolute atomic E-state index is 0.226. The predicted molar refractivity (Wildman–Crippen MR) is 102 cm³/mol. The highest BCUT2D eigenvalue weighted by molar-refractivity contribution is 6.09. The first-order chi connectivity index (χ1) is 12.5. The van der Waals surface area contributed by atoms with Crippen molar-refractivity contribution in [3.63, 3.8) is 0 Å². The molecule has 1 amide bonds. The maximum atomic E-state index is 13.0. The van der Waals surface area contributed by atoms with Crippen LogP contribution in [0.25, 0.3) is 16.6 Å². The number of nitrogens with one attached hydrogen (secondary N) is 1. The van der Waals surface area contributed by atoms with Crippen LogP contribution in [0.2, 0.25) is 0 Å². The van der Waals surface area contributed by atoms with E-state index in [0.29, 0.717) is 22.1 Å². The number of rotatable bonds is 2. The number of aromatic amines is 1. The van der Waals surface area contributed by atoms with Crippen LogP contribution in [0.4, 0.5) is 5.69 Å². The molecule has 0 saturated heterocycles. The fourth-order valence-corrected chi connectivity index (χ4v) is 3.28. The molecule has 2 aromatic heterocycles. The number of aryl methyl sites for hydroxylation is 2. The van der Waals surface area contributed by atoms with Crippen LogP contribution >= 0.6 is 0 Å². The van der Waals surface area contributed by atoms with Crippen molar-refractivity contribution in [2.45, 2.75) is 13.8 Å². The standard InChI is InChI=1S/C20H18N4O2/c1-12-8-13(2)10-14(9-12)23(3)20(26)16-11-21-24-17-7-5-4-6-15(17)19(25)22-18(16)24/h4-11H,1-3H3,(H,22,25). The van der Waals surface area contributed by atoms with Gasteiger partial charge in [-0.3, -0.25) is 9.59 Å². The second kappa shape index (κ2) is 5.84. The predicted octanol–water partition coefficient (Wildman–Crippen LogP) is 3.07. The molecule has 1 N–H and O–H groups in total. The van der Waals surface area contributed by atoms with E-state index >= 15 is 0 Å². The van der Waals surface area contributed by atoms with Crippen molar-refractivity contribution in [1.29, 1.82) is 0 Å². The highest BCUT2D eigenvalue weighted by Gasteiger charge is 2.20. The number of H-pyrrole nitrogens is 1. The molecule has 0 saturated carbocycles. The first-order valence-corrected chi connectivity index (χ1v) is 8.31. The molecule has 2 heterocycles. The summed E-state index contributed by atoms with van der Waals surface area (Å²) in [5, 5.41) is 4.85. The van der Waals surface area contributed by atoms with Gasteiger partial charge < -0.3 is 9.88 Å². The minimum atomic E-state index is -0.239. The summed E-state index contributed by atoms with van der Waals surface area (Å²) in [4.78, 5) is 29.8. The molecular weight excluding hydrogens is 328 g/mol. The maximum Gasteiger partial charge on any atom is 0.263 e. The highest BCUT2D eigenvalue weighted by Crippen LogP contribution is 2.21. The third-order valence-corrected chi connectivity index (χ3v) is 4.51. The number of hydrogen-bond acceptors (Lipinski definition) is 3. The van der Waals surface area contributed by atoms with Crippen LogP contribution in [0.15, 0.2) is 53.5 Å². The van der Waals surface area contributed by atoms with Gasteiger partial charge in [-0.2, -0.15) is 5.10 Å². The molecule has 26 heavy (non-hydrogen) atoms. The molecular formula is C20H18N4O2. The van der Waals surface area contributed by atoms with Crippen molar-refractivity contribution in [2.75, 3.05) is 11.9 Å². The van der Waals surface area contributed by atoms with Crippen molar-refractivity contribution in [2.24, 2.45) is 0 Å². The van der Waals surface area contributed by atoms with E-state index in [4.69, 9.17) is 0 Å². The monoisotopic (exact) mass is 346 g/mol. The number of carbonyl (C=O) groups is 1. The lowest BCUT2D eigenvalue weighted by Crippen LogP contribution is -2.26. The summed E-state index contributed by atoms with van der Waals surface area (Å²) < 4.78 is 1.60. The van der Waals surface area contributed by atoms with Crippen molar-refractivity contribution in [1.82, 2.24) is 14.6 Å². The molecule has 4 aromatic rings. The van der Waals surface area contributed by atoms with Gasteiger partial charge in [0.1, 0.15) is 11.2 Å². The fraction of sp³-hybridized carbons (Fsp3) is 0.150. The van der Waals surface area contributed by atoms with Gasteiger partial charge in [0.2, 0.25) is 0 Å². The Morgan fingerprint density at radius 3 is 2.54 bits per heavy atom. The number of benzene rings is 2. The summed E-state index contributed by atoms with van der Waals surface area (Å²) >= 11 is 0. The van der Waals surface area contributed by atoms with Crippen molar-refractivity contribution in [3.05, 3.63) is 75.7 Å². The molecule has 4 rings (SSSR count). The fourth-order valence-electron chi connectivity index (χ4n) is 3.28. The zero-order chi connectivity index (χ0) is 18.4. The number of fused-ring (bicyclic) bond motifs is 3. The largest absolute Gasteiger partial charge is 0.311 e. The van der Waals surface area contributed by atoms with Crippen LogP contribution < -0.4 is 10.5 Å².